The first-order valence-corrected chi connectivity index (χ1v) is 6.48. The molecule has 2 rings (SSSR count). The third kappa shape index (κ3) is 3.11. The summed E-state index contributed by atoms with van der Waals surface area (Å²) in [6.07, 6.45) is -0.449. The number of amides is 1. The first kappa shape index (κ1) is 14.4. The van der Waals surface area contributed by atoms with Crippen LogP contribution in [0.25, 0.3) is 5.78 Å². The van der Waals surface area contributed by atoms with Gasteiger partial charge < -0.3 is 10.0 Å². The fraction of sp³-hybridized carbons (Fsp3) is 0.538. The maximum atomic E-state index is 12.0. The van der Waals surface area contributed by atoms with Crippen molar-refractivity contribution in [2.75, 3.05) is 13.6 Å². The van der Waals surface area contributed by atoms with Gasteiger partial charge in [-0.15, -0.1) is 5.10 Å². The normalized spacial score (nSPS) is 12.7. The first-order chi connectivity index (χ1) is 9.36. The van der Waals surface area contributed by atoms with Gasteiger partial charge in [0.15, 0.2) is 5.82 Å². The second kappa shape index (κ2) is 5.54. The lowest BCUT2D eigenvalue weighted by Gasteiger charge is -2.17. The number of carbonyl (C=O) groups is 1. The van der Waals surface area contributed by atoms with Gasteiger partial charge in [-0.2, -0.15) is 4.98 Å². The van der Waals surface area contributed by atoms with Crippen molar-refractivity contribution >= 4 is 11.7 Å². The molecule has 0 saturated carbocycles. The zero-order valence-electron chi connectivity index (χ0n) is 12.2. The predicted molar refractivity (Wildman–Crippen MR) is 73.3 cm³/mol. The van der Waals surface area contributed by atoms with Crippen LogP contribution >= 0.6 is 0 Å². The van der Waals surface area contributed by atoms with E-state index in [1.165, 1.54) is 4.90 Å². The second-order valence-electron chi connectivity index (χ2n) is 5.08. The van der Waals surface area contributed by atoms with E-state index in [-0.39, 0.29) is 12.3 Å². The summed E-state index contributed by atoms with van der Waals surface area (Å²) >= 11 is 0. The summed E-state index contributed by atoms with van der Waals surface area (Å²) in [5.74, 6) is 0.813. The molecular weight excluding hydrogens is 258 g/mol. The Morgan fingerprint density at radius 3 is 2.80 bits per heavy atom. The van der Waals surface area contributed by atoms with Crippen molar-refractivity contribution in [3.05, 3.63) is 23.3 Å². The number of hydrogen-bond donors (Lipinski definition) is 1. The van der Waals surface area contributed by atoms with Crippen LogP contribution in [-0.2, 0) is 11.2 Å². The quantitative estimate of drug-likeness (QED) is 0.858. The van der Waals surface area contributed by atoms with E-state index in [1.54, 1.807) is 18.5 Å². The van der Waals surface area contributed by atoms with Crippen molar-refractivity contribution in [2.45, 2.75) is 33.3 Å². The molecule has 1 N–H and O–H groups in total. The van der Waals surface area contributed by atoms with Crippen molar-refractivity contribution < 1.29 is 9.90 Å². The lowest BCUT2D eigenvalue weighted by molar-refractivity contribution is -0.130. The van der Waals surface area contributed by atoms with Crippen LogP contribution in [0.1, 0.15) is 24.1 Å². The molecule has 0 aliphatic carbocycles. The van der Waals surface area contributed by atoms with Gasteiger partial charge in [-0.25, -0.2) is 9.50 Å². The van der Waals surface area contributed by atoms with Crippen LogP contribution in [0.4, 0.5) is 0 Å². The van der Waals surface area contributed by atoms with Gasteiger partial charge in [0.1, 0.15) is 0 Å². The second-order valence-corrected chi connectivity index (χ2v) is 5.08. The summed E-state index contributed by atoms with van der Waals surface area (Å²) in [7, 11) is 1.65. The smallest absolute Gasteiger partial charge is 0.252 e. The number of aliphatic hydroxyl groups excluding tert-OH is 1. The molecule has 0 radical (unpaired) electrons. The molecule has 0 aromatic carbocycles. The van der Waals surface area contributed by atoms with E-state index in [0.717, 1.165) is 11.4 Å². The number of fused-ring (bicyclic) bond motifs is 1. The molecule has 0 spiro atoms. The van der Waals surface area contributed by atoms with Crippen LogP contribution in [0.15, 0.2) is 6.07 Å². The Hall–Kier alpha value is -2.02. The molecule has 0 fully saturated rings. The van der Waals surface area contributed by atoms with E-state index in [4.69, 9.17) is 0 Å². The highest BCUT2D eigenvalue weighted by Crippen LogP contribution is 2.06. The Bertz CT molecular complexity index is 635. The van der Waals surface area contributed by atoms with Crippen LogP contribution < -0.4 is 0 Å². The number of aliphatic hydroxyl groups is 1. The zero-order valence-corrected chi connectivity index (χ0v) is 12.2. The summed E-state index contributed by atoms with van der Waals surface area (Å²) in [4.78, 5) is 22.0. The van der Waals surface area contributed by atoms with E-state index in [0.29, 0.717) is 18.1 Å². The highest BCUT2D eigenvalue weighted by molar-refractivity contribution is 5.77. The van der Waals surface area contributed by atoms with E-state index in [1.807, 2.05) is 19.9 Å². The molecule has 1 amide bonds. The van der Waals surface area contributed by atoms with Crippen molar-refractivity contribution in [3.63, 3.8) is 0 Å². The number of aromatic nitrogens is 4. The average molecular weight is 277 g/mol. The third-order valence-electron chi connectivity index (χ3n) is 2.94. The maximum absolute atomic E-state index is 12.0. The Morgan fingerprint density at radius 1 is 1.45 bits per heavy atom. The zero-order chi connectivity index (χ0) is 14.9. The van der Waals surface area contributed by atoms with Gasteiger partial charge in [0.25, 0.3) is 5.78 Å². The van der Waals surface area contributed by atoms with E-state index in [9.17, 15) is 9.90 Å². The Morgan fingerprint density at radius 2 is 2.15 bits per heavy atom. The van der Waals surface area contributed by atoms with Crippen molar-refractivity contribution in [1.29, 1.82) is 0 Å². The first-order valence-electron chi connectivity index (χ1n) is 6.48. The van der Waals surface area contributed by atoms with Crippen LogP contribution in [0.2, 0.25) is 0 Å². The van der Waals surface area contributed by atoms with Gasteiger partial charge >= 0.3 is 0 Å². The van der Waals surface area contributed by atoms with Crippen LogP contribution in [0.3, 0.4) is 0 Å². The van der Waals surface area contributed by atoms with Gasteiger partial charge in [-0.05, 0) is 26.8 Å². The number of nitrogens with zero attached hydrogens (tertiary/aromatic N) is 5. The maximum Gasteiger partial charge on any atom is 0.252 e. The lowest BCUT2D eigenvalue weighted by atomic mass is 10.3. The molecule has 0 aliphatic heterocycles. The predicted octanol–water partition coefficient (Wildman–Crippen LogP) is 0.123. The fourth-order valence-electron chi connectivity index (χ4n) is 2.05. The molecule has 20 heavy (non-hydrogen) atoms. The van der Waals surface area contributed by atoms with E-state index in [2.05, 4.69) is 15.1 Å². The summed E-state index contributed by atoms with van der Waals surface area (Å²) in [5.41, 5.74) is 1.79. The third-order valence-corrected chi connectivity index (χ3v) is 2.94. The van der Waals surface area contributed by atoms with Gasteiger partial charge in [0, 0.05) is 25.0 Å². The fourth-order valence-corrected chi connectivity index (χ4v) is 2.05. The SMILES string of the molecule is Cc1cc(C)n2nc(CC(=O)N(C)CC(C)O)nc2n1. The highest BCUT2D eigenvalue weighted by Gasteiger charge is 2.15. The number of likely N-dealkylation sites (N-methyl/N-ethyl adjacent to an activating group) is 1. The van der Waals surface area contributed by atoms with Crippen molar-refractivity contribution in [1.82, 2.24) is 24.5 Å². The largest absolute Gasteiger partial charge is 0.392 e. The van der Waals surface area contributed by atoms with Crippen LogP contribution in [0.5, 0.6) is 0 Å². The molecular formula is C13H19N5O2. The van der Waals surface area contributed by atoms with Crippen molar-refractivity contribution in [2.24, 2.45) is 0 Å². The standard InChI is InChI=1S/C13H19N5O2/c1-8-5-9(2)18-13(14-8)15-11(16-18)6-12(20)17(4)7-10(3)19/h5,10,19H,6-7H2,1-4H3. The van der Waals surface area contributed by atoms with E-state index >= 15 is 0 Å². The molecule has 0 aliphatic rings. The highest BCUT2D eigenvalue weighted by atomic mass is 16.3. The summed E-state index contributed by atoms with van der Waals surface area (Å²) in [6, 6.07) is 1.91. The van der Waals surface area contributed by atoms with Crippen LogP contribution in [-0.4, -0.2) is 55.2 Å². The summed E-state index contributed by atoms with van der Waals surface area (Å²) in [6.45, 7) is 5.75. The Labute approximate surface area is 117 Å². The van der Waals surface area contributed by atoms with Gasteiger partial charge in [0.2, 0.25) is 5.91 Å². The minimum Gasteiger partial charge on any atom is -0.392 e. The molecule has 0 bridgehead atoms. The average Bonchev–Trinajstić information content (AvgIpc) is 2.70. The Kier molecular flexibility index (Phi) is 3.99. The molecule has 2 heterocycles. The number of rotatable bonds is 4. The monoisotopic (exact) mass is 277 g/mol. The molecule has 1 unspecified atom stereocenters. The lowest BCUT2D eigenvalue weighted by Crippen LogP contribution is -2.34. The number of carbonyl (C=O) groups excluding carboxylic acids is 1. The molecule has 108 valence electrons. The van der Waals surface area contributed by atoms with Gasteiger partial charge in [0.05, 0.1) is 12.5 Å². The molecule has 1 atom stereocenters. The van der Waals surface area contributed by atoms with E-state index < -0.39 is 6.10 Å². The summed E-state index contributed by atoms with van der Waals surface area (Å²) < 4.78 is 1.63. The molecule has 2 aromatic heterocycles. The molecule has 7 nitrogen and oxygen atoms in total. The topological polar surface area (TPSA) is 83.6 Å². The number of hydrogen-bond acceptors (Lipinski definition) is 5. The minimum absolute atomic E-state index is 0.102. The molecule has 7 heteroatoms. The minimum atomic E-state index is -0.551. The Balaban J connectivity index is 2.18. The molecule has 0 saturated heterocycles. The van der Waals surface area contributed by atoms with Gasteiger partial charge in [-0.1, -0.05) is 0 Å². The summed E-state index contributed by atoms with van der Waals surface area (Å²) in [5, 5.41) is 13.6. The van der Waals surface area contributed by atoms with Crippen molar-refractivity contribution in [3.8, 4) is 0 Å². The van der Waals surface area contributed by atoms with Crippen LogP contribution in [0, 0.1) is 13.8 Å². The number of aryl methyl sites for hydroxylation is 2. The van der Waals surface area contributed by atoms with Gasteiger partial charge in [-0.3, -0.25) is 4.79 Å². The molecule has 2 aromatic rings.